The van der Waals surface area contributed by atoms with E-state index in [1.807, 2.05) is 18.2 Å². The molecule has 2 heteroatoms. The van der Waals surface area contributed by atoms with Crippen molar-refractivity contribution in [2.75, 3.05) is 6.54 Å². The molecule has 0 heterocycles. The maximum absolute atomic E-state index is 5.41. The van der Waals surface area contributed by atoms with Crippen molar-refractivity contribution >= 4 is 4.04 Å². The number of hydrogen-bond donors (Lipinski definition) is 1. The molecule has 0 unspecified atom stereocenters. The van der Waals surface area contributed by atoms with E-state index in [0.29, 0.717) is 6.54 Å². The van der Waals surface area contributed by atoms with Gasteiger partial charge in [-0.15, -0.1) is 0 Å². The van der Waals surface area contributed by atoms with Crippen molar-refractivity contribution in [3.05, 3.63) is 29.8 Å². The van der Waals surface area contributed by atoms with Crippen LogP contribution in [0, 0.1) is 0 Å². The Hall–Kier alpha value is -0.158. The van der Waals surface area contributed by atoms with Gasteiger partial charge in [0.15, 0.2) is 0 Å². The predicted octanol–water partition coefficient (Wildman–Crippen LogP) is 0.360. The number of benzene rings is 1. The van der Waals surface area contributed by atoms with E-state index >= 15 is 0 Å². The normalized spacial score (nSPS) is 9.90. The zero-order valence-electron chi connectivity index (χ0n) is 5.62. The standard InChI is InChI=1S/C8H10N.Pd/c9-7-6-8-4-2-1-3-5-8;/h1-4H,6-7,9H2;/q;+1. The molecule has 0 atom stereocenters. The molecule has 0 aliphatic heterocycles. The van der Waals surface area contributed by atoms with Gasteiger partial charge in [-0.25, -0.2) is 0 Å². The molecule has 0 saturated heterocycles. The summed E-state index contributed by atoms with van der Waals surface area (Å²) in [6.07, 6.45) is 0.955. The maximum atomic E-state index is 5.41. The van der Waals surface area contributed by atoms with Gasteiger partial charge >= 0.3 is 71.8 Å². The molecular formula is C8H10NPd+. The van der Waals surface area contributed by atoms with Gasteiger partial charge in [-0.05, 0) is 0 Å². The Morgan fingerprint density at radius 1 is 1.30 bits per heavy atom. The third kappa shape index (κ3) is 1.92. The Kier molecular flexibility index (Phi) is 3.08. The Morgan fingerprint density at radius 3 is 2.60 bits per heavy atom. The van der Waals surface area contributed by atoms with Crippen molar-refractivity contribution in [2.24, 2.45) is 5.73 Å². The predicted molar refractivity (Wildman–Crippen MR) is 38.8 cm³/mol. The molecule has 1 nitrogen and oxygen atoms in total. The van der Waals surface area contributed by atoms with Crippen molar-refractivity contribution < 1.29 is 19.2 Å². The first-order valence-corrected chi connectivity index (χ1v) is 4.02. The van der Waals surface area contributed by atoms with Crippen LogP contribution < -0.4 is 9.77 Å². The molecule has 0 amide bonds. The molecule has 0 aliphatic rings. The number of hydrogen-bond acceptors (Lipinski definition) is 1. The fraction of sp³-hybridized carbons (Fsp3) is 0.250. The van der Waals surface area contributed by atoms with E-state index in [0.717, 1.165) is 6.42 Å². The summed E-state index contributed by atoms with van der Waals surface area (Å²) in [5, 5.41) is 0. The van der Waals surface area contributed by atoms with Crippen LogP contribution in [0.3, 0.4) is 0 Å². The average Bonchev–Trinajstić information content (AvgIpc) is 1.94. The van der Waals surface area contributed by atoms with Crippen LogP contribution in [0.2, 0.25) is 0 Å². The minimum atomic E-state index is 0.717. The van der Waals surface area contributed by atoms with Crippen LogP contribution in [0.4, 0.5) is 0 Å². The second-order valence-electron chi connectivity index (χ2n) is 2.10. The van der Waals surface area contributed by atoms with E-state index in [4.69, 9.17) is 5.73 Å². The second-order valence-corrected chi connectivity index (χ2v) is 2.93. The quantitative estimate of drug-likeness (QED) is 0.724. The van der Waals surface area contributed by atoms with Gasteiger partial charge in [0.05, 0.1) is 0 Å². The summed E-state index contributed by atoms with van der Waals surface area (Å²) in [6.45, 7) is 0.717. The summed E-state index contributed by atoms with van der Waals surface area (Å²) in [5.41, 5.74) is 6.71. The summed E-state index contributed by atoms with van der Waals surface area (Å²) < 4.78 is 1.19. The van der Waals surface area contributed by atoms with Crippen molar-refractivity contribution in [1.29, 1.82) is 0 Å². The molecule has 0 fully saturated rings. The fourth-order valence-electron chi connectivity index (χ4n) is 0.838. The summed E-state index contributed by atoms with van der Waals surface area (Å²) >= 11 is 3.18. The third-order valence-corrected chi connectivity index (χ3v) is 2.10. The van der Waals surface area contributed by atoms with E-state index in [1.54, 1.807) is 0 Å². The molecular weight excluding hydrogens is 217 g/mol. The SMILES string of the molecule is NCCc1cccc[c]1[Pd+]. The van der Waals surface area contributed by atoms with E-state index in [9.17, 15) is 0 Å². The van der Waals surface area contributed by atoms with Crippen LogP contribution in [0.1, 0.15) is 5.56 Å². The molecule has 1 aromatic carbocycles. The summed E-state index contributed by atoms with van der Waals surface area (Å²) in [7, 11) is 0. The van der Waals surface area contributed by atoms with Gasteiger partial charge in [0.1, 0.15) is 0 Å². The molecule has 1 rings (SSSR count). The zero-order chi connectivity index (χ0) is 7.40. The molecule has 0 bridgehead atoms. The van der Waals surface area contributed by atoms with Crippen LogP contribution in [0.5, 0.6) is 0 Å². The molecule has 2 N–H and O–H groups in total. The Bertz CT molecular complexity index is 210. The van der Waals surface area contributed by atoms with Crippen LogP contribution in [0.15, 0.2) is 24.3 Å². The van der Waals surface area contributed by atoms with Crippen LogP contribution in [0.25, 0.3) is 0 Å². The number of rotatable bonds is 2. The fourth-order valence-corrected chi connectivity index (χ4v) is 1.31. The van der Waals surface area contributed by atoms with Crippen LogP contribution in [-0.4, -0.2) is 6.54 Å². The first-order valence-electron chi connectivity index (χ1n) is 3.25. The van der Waals surface area contributed by atoms with Crippen molar-refractivity contribution in [1.82, 2.24) is 0 Å². The van der Waals surface area contributed by atoms with Gasteiger partial charge in [0.2, 0.25) is 0 Å². The summed E-state index contributed by atoms with van der Waals surface area (Å²) in [5.74, 6) is 0. The molecule has 1 aromatic rings. The van der Waals surface area contributed by atoms with Crippen molar-refractivity contribution in [3.63, 3.8) is 0 Å². The Morgan fingerprint density at radius 2 is 2.00 bits per heavy atom. The molecule has 56 valence electrons. The summed E-state index contributed by atoms with van der Waals surface area (Å²) in [6, 6.07) is 8.18. The monoisotopic (exact) mass is 226 g/mol. The molecule has 0 aliphatic carbocycles. The third-order valence-electron chi connectivity index (χ3n) is 1.34. The van der Waals surface area contributed by atoms with E-state index in [2.05, 4.69) is 25.3 Å². The van der Waals surface area contributed by atoms with Gasteiger partial charge in [-0.3, -0.25) is 0 Å². The molecule has 0 saturated carbocycles. The van der Waals surface area contributed by atoms with Gasteiger partial charge in [-0.2, -0.15) is 0 Å². The average molecular weight is 227 g/mol. The van der Waals surface area contributed by atoms with Crippen molar-refractivity contribution in [2.45, 2.75) is 6.42 Å². The molecule has 0 spiro atoms. The van der Waals surface area contributed by atoms with Crippen LogP contribution >= 0.6 is 0 Å². The number of nitrogens with two attached hydrogens (primary N) is 1. The van der Waals surface area contributed by atoms with E-state index in [1.165, 1.54) is 9.60 Å². The minimum absolute atomic E-state index is 0.717. The molecule has 0 radical (unpaired) electrons. The first kappa shape index (κ1) is 7.94. The Labute approximate surface area is 72.0 Å². The van der Waals surface area contributed by atoms with Gasteiger partial charge < -0.3 is 0 Å². The topological polar surface area (TPSA) is 26.0 Å². The second kappa shape index (κ2) is 3.88. The zero-order valence-corrected chi connectivity index (χ0v) is 7.17. The first-order chi connectivity index (χ1) is 4.84. The van der Waals surface area contributed by atoms with Gasteiger partial charge in [0.25, 0.3) is 0 Å². The van der Waals surface area contributed by atoms with Gasteiger partial charge in [-0.1, -0.05) is 0 Å². The van der Waals surface area contributed by atoms with Crippen LogP contribution in [-0.2, 0) is 25.6 Å². The molecule has 10 heavy (non-hydrogen) atoms. The Balaban J connectivity index is 2.81. The molecule has 0 aromatic heterocycles. The van der Waals surface area contributed by atoms with Crippen molar-refractivity contribution in [3.8, 4) is 0 Å². The van der Waals surface area contributed by atoms with E-state index < -0.39 is 0 Å². The van der Waals surface area contributed by atoms with Gasteiger partial charge in [0, 0.05) is 0 Å². The summed E-state index contributed by atoms with van der Waals surface area (Å²) in [4.78, 5) is 0. The van der Waals surface area contributed by atoms with E-state index in [-0.39, 0.29) is 0 Å².